The molecule has 0 atom stereocenters. The summed E-state index contributed by atoms with van der Waals surface area (Å²) in [7, 11) is 1.66. The van der Waals surface area contributed by atoms with E-state index in [-0.39, 0.29) is 12.1 Å². The number of anilines is 1. The molecule has 0 saturated carbocycles. The summed E-state index contributed by atoms with van der Waals surface area (Å²) in [6, 6.07) is 1.00. The monoisotopic (exact) mass is 232 g/mol. The van der Waals surface area contributed by atoms with Gasteiger partial charge in [-0.2, -0.15) is 0 Å². The average molecular weight is 232 g/mol. The third kappa shape index (κ3) is 3.23. The van der Waals surface area contributed by atoms with E-state index in [1.54, 1.807) is 7.05 Å². The maximum absolute atomic E-state index is 13.1. The van der Waals surface area contributed by atoms with Gasteiger partial charge in [0.2, 0.25) is 5.91 Å². The zero-order valence-electron chi connectivity index (χ0n) is 8.61. The van der Waals surface area contributed by atoms with Crippen molar-refractivity contribution in [1.82, 2.24) is 5.32 Å². The van der Waals surface area contributed by atoms with Crippen molar-refractivity contribution in [1.29, 1.82) is 0 Å². The first-order chi connectivity index (χ1) is 7.54. The highest BCUT2D eigenvalue weighted by Crippen LogP contribution is 2.18. The van der Waals surface area contributed by atoms with E-state index in [0.29, 0.717) is 18.7 Å². The molecule has 1 aromatic rings. The Balaban J connectivity index is 2.73. The number of amides is 1. The Bertz CT molecular complexity index is 396. The Hall–Kier alpha value is -1.56. The average Bonchev–Trinajstić information content (AvgIpc) is 2.23. The molecule has 1 rings (SSSR count). The molecule has 2 N–H and O–H groups in total. The fraction of sp³-hybridized carbons (Fsp3) is 0.300. The molecule has 0 radical (unpaired) electrons. The van der Waals surface area contributed by atoms with Crippen LogP contribution in [0.25, 0.3) is 0 Å². The largest absolute Gasteiger partial charge is 0.323 e. The molecule has 0 heterocycles. The van der Waals surface area contributed by atoms with Gasteiger partial charge in [-0.3, -0.25) is 4.79 Å². The van der Waals surface area contributed by atoms with Crippen LogP contribution in [-0.2, 0) is 4.79 Å². The lowest BCUT2D eigenvalue weighted by molar-refractivity contribution is -0.116. The molecular formula is C10H11F3N2O. The number of hydrogen-bond acceptors (Lipinski definition) is 2. The highest BCUT2D eigenvalue weighted by Gasteiger charge is 2.11. The van der Waals surface area contributed by atoms with E-state index >= 15 is 0 Å². The van der Waals surface area contributed by atoms with Gasteiger partial charge in [0.1, 0.15) is 5.82 Å². The molecule has 0 aromatic heterocycles. The van der Waals surface area contributed by atoms with Crippen LogP contribution in [0, 0.1) is 17.5 Å². The molecule has 1 amide bonds. The van der Waals surface area contributed by atoms with Gasteiger partial charge in [-0.1, -0.05) is 0 Å². The van der Waals surface area contributed by atoms with Crippen molar-refractivity contribution in [3.63, 3.8) is 0 Å². The van der Waals surface area contributed by atoms with Crippen LogP contribution in [0.4, 0.5) is 18.9 Å². The normalized spacial score (nSPS) is 10.2. The number of hydrogen-bond donors (Lipinski definition) is 2. The topological polar surface area (TPSA) is 41.1 Å². The Kier molecular flexibility index (Phi) is 4.30. The Labute approximate surface area is 90.6 Å². The van der Waals surface area contributed by atoms with Crippen LogP contribution in [0.15, 0.2) is 12.1 Å². The quantitative estimate of drug-likeness (QED) is 0.775. The van der Waals surface area contributed by atoms with Crippen molar-refractivity contribution >= 4 is 11.6 Å². The lowest BCUT2D eigenvalue weighted by atomic mass is 10.2. The first kappa shape index (κ1) is 12.5. The molecule has 1 aromatic carbocycles. The van der Waals surface area contributed by atoms with Crippen molar-refractivity contribution in [3.8, 4) is 0 Å². The van der Waals surface area contributed by atoms with Gasteiger partial charge in [0, 0.05) is 25.1 Å². The molecule has 0 aliphatic carbocycles. The Morgan fingerprint density at radius 1 is 1.19 bits per heavy atom. The first-order valence-electron chi connectivity index (χ1n) is 4.63. The third-order valence-corrected chi connectivity index (χ3v) is 1.89. The second-order valence-electron chi connectivity index (χ2n) is 3.15. The summed E-state index contributed by atoms with van der Waals surface area (Å²) in [5, 5.41) is 4.88. The zero-order valence-corrected chi connectivity index (χ0v) is 8.61. The Morgan fingerprint density at radius 3 is 2.44 bits per heavy atom. The minimum absolute atomic E-state index is 0.120. The fourth-order valence-corrected chi connectivity index (χ4v) is 1.07. The molecule has 0 fully saturated rings. The van der Waals surface area contributed by atoms with Crippen LogP contribution >= 0.6 is 0 Å². The SMILES string of the molecule is CNCCC(=O)Nc1cc(F)c(F)cc1F. The lowest BCUT2D eigenvalue weighted by Gasteiger charge is -2.06. The Morgan fingerprint density at radius 2 is 1.81 bits per heavy atom. The van der Waals surface area contributed by atoms with Crippen LogP contribution in [0.5, 0.6) is 0 Å². The van der Waals surface area contributed by atoms with E-state index in [9.17, 15) is 18.0 Å². The molecule has 88 valence electrons. The van der Waals surface area contributed by atoms with Gasteiger partial charge in [0.25, 0.3) is 0 Å². The van der Waals surface area contributed by atoms with Crippen LogP contribution in [0.2, 0.25) is 0 Å². The standard InChI is InChI=1S/C10H11F3N2O/c1-14-3-2-10(16)15-9-5-7(12)6(11)4-8(9)13/h4-5,14H,2-3H2,1H3,(H,15,16). The highest BCUT2D eigenvalue weighted by atomic mass is 19.2. The molecule has 0 saturated heterocycles. The number of rotatable bonds is 4. The van der Waals surface area contributed by atoms with Crippen molar-refractivity contribution in [3.05, 3.63) is 29.6 Å². The summed E-state index contributed by atoms with van der Waals surface area (Å²) in [6.07, 6.45) is 0.120. The van der Waals surface area contributed by atoms with Crippen LogP contribution in [-0.4, -0.2) is 19.5 Å². The molecule has 0 spiro atoms. The second-order valence-corrected chi connectivity index (χ2v) is 3.15. The number of carbonyl (C=O) groups is 1. The van der Waals surface area contributed by atoms with E-state index in [4.69, 9.17) is 0 Å². The minimum Gasteiger partial charge on any atom is -0.323 e. The fourth-order valence-electron chi connectivity index (χ4n) is 1.07. The van der Waals surface area contributed by atoms with E-state index < -0.39 is 23.4 Å². The smallest absolute Gasteiger partial charge is 0.225 e. The van der Waals surface area contributed by atoms with Crippen molar-refractivity contribution < 1.29 is 18.0 Å². The number of nitrogens with one attached hydrogen (secondary N) is 2. The molecule has 0 bridgehead atoms. The third-order valence-electron chi connectivity index (χ3n) is 1.89. The van der Waals surface area contributed by atoms with Gasteiger partial charge in [-0.15, -0.1) is 0 Å². The molecular weight excluding hydrogens is 221 g/mol. The van der Waals surface area contributed by atoms with E-state index in [1.807, 2.05) is 0 Å². The first-order valence-corrected chi connectivity index (χ1v) is 4.63. The summed E-state index contributed by atoms with van der Waals surface area (Å²) >= 11 is 0. The number of benzene rings is 1. The summed E-state index contributed by atoms with van der Waals surface area (Å²) in [4.78, 5) is 11.2. The molecule has 6 heteroatoms. The minimum atomic E-state index is -1.29. The molecule has 16 heavy (non-hydrogen) atoms. The van der Waals surface area contributed by atoms with Crippen molar-refractivity contribution in [2.45, 2.75) is 6.42 Å². The summed E-state index contributed by atoms with van der Waals surface area (Å²) in [5.41, 5.74) is -0.361. The zero-order chi connectivity index (χ0) is 12.1. The molecule has 3 nitrogen and oxygen atoms in total. The molecule has 0 aliphatic heterocycles. The van der Waals surface area contributed by atoms with E-state index in [1.165, 1.54) is 0 Å². The molecule has 0 unspecified atom stereocenters. The van der Waals surface area contributed by atoms with Crippen LogP contribution in [0.3, 0.4) is 0 Å². The van der Waals surface area contributed by atoms with Gasteiger partial charge < -0.3 is 10.6 Å². The predicted octanol–water partition coefficient (Wildman–Crippen LogP) is 1.65. The number of halogens is 3. The summed E-state index contributed by atoms with van der Waals surface area (Å²) < 4.78 is 38.4. The van der Waals surface area contributed by atoms with Crippen LogP contribution < -0.4 is 10.6 Å². The van der Waals surface area contributed by atoms with Gasteiger partial charge in [-0.25, -0.2) is 13.2 Å². The lowest BCUT2D eigenvalue weighted by Crippen LogP contribution is -2.19. The maximum Gasteiger partial charge on any atom is 0.225 e. The number of carbonyl (C=O) groups excluding carboxylic acids is 1. The van der Waals surface area contributed by atoms with Crippen molar-refractivity contribution in [2.75, 3.05) is 18.9 Å². The maximum atomic E-state index is 13.1. The second kappa shape index (κ2) is 5.50. The van der Waals surface area contributed by atoms with E-state index in [0.717, 1.165) is 0 Å². The van der Waals surface area contributed by atoms with Crippen LogP contribution in [0.1, 0.15) is 6.42 Å². The summed E-state index contributed by atoms with van der Waals surface area (Å²) in [6.45, 7) is 0.414. The molecule has 0 aliphatic rings. The van der Waals surface area contributed by atoms with Gasteiger partial charge in [0.05, 0.1) is 5.69 Å². The predicted molar refractivity (Wildman–Crippen MR) is 53.5 cm³/mol. The highest BCUT2D eigenvalue weighted by molar-refractivity contribution is 5.90. The van der Waals surface area contributed by atoms with E-state index in [2.05, 4.69) is 10.6 Å². The van der Waals surface area contributed by atoms with Gasteiger partial charge >= 0.3 is 0 Å². The summed E-state index contributed by atoms with van der Waals surface area (Å²) in [5.74, 6) is -3.97. The van der Waals surface area contributed by atoms with Gasteiger partial charge in [-0.05, 0) is 7.05 Å². The van der Waals surface area contributed by atoms with Crippen molar-refractivity contribution in [2.24, 2.45) is 0 Å². The van der Waals surface area contributed by atoms with Gasteiger partial charge in [0.15, 0.2) is 11.6 Å².